The van der Waals surface area contributed by atoms with Gasteiger partial charge in [0.2, 0.25) is 0 Å². The highest BCUT2D eigenvalue weighted by Gasteiger charge is 2.49. The summed E-state index contributed by atoms with van der Waals surface area (Å²) in [4.78, 5) is 0. The lowest BCUT2D eigenvalue weighted by molar-refractivity contribution is -0.178. The maximum Gasteiger partial charge on any atom is 0.164 e. The van der Waals surface area contributed by atoms with Crippen LogP contribution in [0.25, 0.3) is 0 Å². The highest BCUT2D eigenvalue weighted by molar-refractivity contribution is 4.91. The van der Waals surface area contributed by atoms with Gasteiger partial charge in [-0.05, 0) is 27.7 Å². The fraction of sp³-hybridized carbons (Fsp3) is 1.00. The molecule has 2 saturated heterocycles. The summed E-state index contributed by atoms with van der Waals surface area (Å²) < 4.78 is 22.1. The zero-order valence-corrected chi connectivity index (χ0v) is 11.3. The fourth-order valence-electron chi connectivity index (χ4n) is 2.39. The van der Waals surface area contributed by atoms with E-state index >= 15 is 0 Å². The Morgan fingerprint density at radius 1 is 1.11 bits per heavy atom. The summed E-state index contributed by atoms with van der Waals surface area (Å²) in [5.74, 6) is -1.51. The fourth-order valence-corrected chi connectivity index (χ4v) is 2.39. The van der Waals surface area contributed by atoms with E-state index in [1.165, 1.54) is 0 Å². The molecule has 2 fully saturated rings. The highest BCUT2D eigenvalue weighted by atomic mass is 16.8. The summed E-state index contributed by atoms with van der Waals surface area (Å²) in [7, 11) is 0. The van der Waals surface area contributed by atoms with Gasteiger partial charge in [0.1, 0.15) is 24.4 Å². The van der Waals surface area contributed by atoms with Crippen LogP contribution in [-0.2, 0) is 18.9 Å². The first kappa shape index (κ1) is 14.2. The van der Waals surface area contributed by atoms with E-state index in [1.807, 2.05) is 0 Å². The van der Waals surface area contributed by atoms with Gasteiger partial charge in [0, 0.05) is 0 Å². The van der Waals surface area contributed by atoms with E-state index in [9.17, 15) is 10.2 Å². The predicted molar refractivity (Wildman–Crippen MR) is 61.8 cm³/mol. The Bertz CT molecular complexity index is 303. The van der Waals surface area contributed by atoms with Crippen LogP contribution >= 0.6 is 0 Å². The van der Waals surface area contributed by atoms with E-state index in [1.54, 1.807) is 27.7 Å². The van der Waals surface area contributed by atoms with Crippen molar-refractivity contribution < 1.29 is 29.2 Å². The average Bonchev–Trinajstić information content (AvgIpc) is 2.77. The molecule has 4 atom stereocenters. The molecular weight excluding hydrogens is 240 g/mol. The summed E-state index contributed by atoms with van der Waals surface area (Å²) in [5, 5.41) is 19.6. The number of aliphatic hydroxyl groups is 2. The van der Waals surface area contributed by atoms with E-state index in [4.69, 9.17) is 18.9 Å². The molecule has 0 aromatic rings. The van der Waals surface area contributed by atoms with Crippen molar-refractivity contribution in [3.63, 3.8) is 0 Å². The van der Waals surface area contributed by atoms with Crippen molar-refractivity contribution in [1.82, 2.24) is 0 Å². The van der Waals surface area contributed by atoms with Crippen LogP contribution in [0.15, 0.2) is 0 Å². The van der Waals surface area contributed by atoms with Crippen molar-refractivity contribution in [3.05, 3.63) is 0 Å². The number of ether oxygens (including phenoxy) is 4. The van der Waals surface area contributed by atoms with Crippen LogP contribution in [-0.4, -0.2) is 59.4 Å². The van der Waals surface area contributed by atoms with Crippen molar-refractivity contribution in [2.45, 2.75) is 63.7 Å². The van der Waals surface area contributed by atoms with E-state index in [2.05, 4.69) is 0 Å². The van der Waals surface area contributed by atoms with E-state index in [-0.39, 0.29) is 6.61 Å². The lowest BCUT2D eigenvalue weighted by atomic mass is 10.0. The molecule has 18 heavy (non-hydrogen) atoms. The Balaban J connectivity index is 2.02. The maximum atomic E-state index is 10.3. The van der Waals surface area contributed by atoms with Gasteiger partial charge >= 0.3 is 0 Å². The largest absolute Gasteiger partial charge is 0.394 e. The highest BCUT2D eigenvalue weighted by Crippen LogP contribution is 2.33. The first-order valence-corrected chi connectivity index (χ1v) is 6.20. The smallest absolute Gasteiger partial charge is 0.164 e. The first-order valence-electron chi connectivity index (χ1n) is 6.20. The van der Waals surface area contributed by atoms with Crippen LogP contribution < -0.4 is 0 Å². The minimum absolute atomic E-state index is 0.206. The molecule has 106 valence electrons. The second-order valence-corrected chi connectivity index (χ2v) is 5.68. The molecule has 2 aliphatic heterocycles. The zero-order chi connectivity index (χ0) is 13.6. The Kier molecular flexibility index (Phi) is 3.70. The Labute approximate surface area is 107 Å². The molecule has 6 heteroatoms. The molecule has 0 aromatic heterocycles. The number of aliphatic hydroxyl groups excluding tert-OH is 2. The second-order valence-electron chi connectivity index (χ2n) is 5.68. The monoisotopic (exact) mass is 262 g/mol. The molecule has 2 N–H and O–H groups in total. The molecule has 2 heterocycles. The summed E-state index contributed by atoms with van der Waals surface area (Å²) in [6.07, 6.45) is -2.54. The molecule has 0 radical (unpaired) electrons. The molecule has 0 bridgehead atoms. The van der Waals surface area contributed by atoms with E-state index < -0.39 is 36.0 Å². The molecule has 0 amide bonds. The van der Waals surface area contributed by atoms with Crippen molar-refractivity contribution in [2.75, 3.05) is 13.2 Å². The van der Waals surface area contributed by atoms with E-state index in [0.29, 0.717) is 6.61 Å². The molecule has 2 aliphatic rings. The van der Waals surface area contributed by atoms with Gasteiger partial charge in [0.05, 0.1) is 13.2 Å². The molecule has 0 aliphatic carbocycles. The van der Waals surface area contributed by atoms with Gasteiger partial charge in [-0.2, -0.15) is 0 Å². The van der Waals surface area contributed by atoms with Crippen LogP contribution in [0.2, 0.25) is 0 Å². The lowest BCUT2D eigenvalue weighted by Crippen LogP contribution is -2.45. The van der Waals surface area contributed by atoms with Gasteiger partial charge < -0.3 is 29.2 Å². The Morgan fingerprint density at radius 3 is 2.28 bits per heavy atom. The van der Waals surface area contributed by atoms with Crippen LogP contribution in [0.3, 0.4) is 0 Å². The second kappa shape index (κ2) is 4.70. The van der Waals surface area contributed by atoms with Gasteiger partial charge in [-0.3, -0.25) is 0 Å². The van der Waals surface area contributed by atoms with Crippen molar-refractivity contribution in [2.24, 2.45) is 0 Å². The van der Waals surface area contributed by atoms with E-state index in [0.717, 1.165) is 0 Å². The molecule has 0 spiro atoms. The van der Waals surface area contributed by atoms with Gasteiger partial charge in [0.15, 0.2) is 11.6 Å². The third-order valence-electron chi connectivity index (χ3n) is 3.15. The normalized spacial score (nSPS) is 40.0. The first-order chi connectivity index (χ1) is 8.24. The number of hydrogen-bond acceptors (Lipinski definition) is 6. The zero-order valence-electron chi connectivity index (χ0n) is 11.3. The van der Waals surface area contributed by atoms with Crippen LogP contribution in [0, 0.1) is 0 Å². The molecule has 6 nitrogen and oxygen atoms in total. The van der Waals surface area contributed by atoms with Gasteiger partial charge in [-0.1, -0.05) is 0 Å². The molecule has 4 unspecified atom stereocenters. The van der Waals surface area contributed by atoms with Gasteiger partial charge in [0.25, 0.3) is 0 Å². The van der Waals surface area contributed by atoms with Crippen LogP contribution in [0.5, 0.6) is 0 Å². The standard InChI is InChI=1S/C12H22O6/c1-11(2)15-6-8(17-11)9(14)10-7(5-13)16-12(3,4)18-10/h7-10,13-14H,5-6H2,1-4H3. The molecule has 0 aromatic carbocycles. The Morgan fingerprint density at radius 2 is 1.78 bits per heavy atom. The third-order valence-corrected chi connectivity index (χ3v) is 3.15. The number of hydrogen-bond donors (Lipinski definition) is 2. The topological polar surface area (TPSA) is 77.4 Å². The van der Waals surface area contributed by atoms with Gasteiger partial charge in [-0.25, -0.2) is 0 Å². The molecular formula is C12H22O6. The minimum Gasteiger partial charge on any atom is -0.394 e. The Hall–Kier alpha value is -0.240. The molecule has 2 rings (SSSR count). The minimum atomic E-state index is -0.898. The molecule has 0 saturated carbocycles. The summed E-state index contributed by atoms with van der Waals surface area (Å²) in [6, 6.07) is 0. The van der Waals surface area contributed by atoms with Crippen molar-refractivity contribution >= 4 is 0 Å². The van der Waals surface area contributed by atoms with Crippen LogP contribution in [0.1, 0.15) is 27.7 Å². The summed E-state index contributed by atoms with van der Waals surface area (Å²) >= 11 is 0. The maximum absolute atomic E-state index is 10.3. The lowest BCUT2D eigenvalue weighted by Gasteiger charge is -2.26. The van der Waals surface area contributed by atoms with Crippen LogP contribution in [0.4, 0.5) is 0 Å². The predicted octanol–water partition coefficient (Wildman–Crippen LogP) is 0.0112. The number of rotatable bonds is 3. The summed E-state index contributed by atoms with van der Waals surface area (Å²) in [5.41, 5.74) is 0. The summed E-state index contributed by atoms with van der Waals surface area (Å²) in [6.45, 7) is 7.17. The third kappa shape index (κ3) is 2.84. The SMILES string of the molecule is CC1(C)OCC(C(O)C2OC(C)(C)OC2CO)O1. The van der Waals surface area contributed by atoms with Gasteiger partial charge in [-0.15, -0.1) is 0 Å². The van der Waals surface area contributed by atoms with Crippen molar-refractivity contribution in [3.8, 4) is 0 Å². The average molecular weight is 262 g/mol. The van der Waals surface area contributed by atoms with Crippen molar-refractivity contribution in [1.29, 1.82) is 0 Å². The quantitative estimate of drug-likeness (QED) is 0.746.